The molecule has 2 amide bonds. The van der Waals surface area contributed by atoms with Crippen LogP contribution < -0.4 is 5.32 Å². The second-order valence-corrected chi connectivity index (χ2v) is 5.37. The van der Waals surface area contributed by atoms with E-state index in [1.165, 1.54) is 12.1 Å². The summed E-state index contributed by atoms with van der Waals surface area (Å²) in [5.41, 5.74) is 0.305. The van der Waals surface area contributed by atoms with Crippen molar-refractivity contribution in [2.24, 2.45) is 0 Å². The van der Waals surface area contributed by atoms with Crippen LogP contribution in [0.1, 0.15) is 23.3 Å². The number of nitrogens with one attached hydrogen (secondary N) is 2. The van der Waals surface area contributed by atoms with Crippen molar-refractivity contribution >= 4 is 35.0 Å². The Morgan fingerprint density at radius 2 is 2.30 bits per heavy atom. The summed E-state index contributed by atoms with van der Waals surface area (Å²) in [6.07, 6.45) is 3.09. The minimum atomic E-state index is -0.295. The van der Waals surface area contributed by atoms with Gasteiger partial charge in [0.1, 0.15) is 10.8 Å². The molecule has 0 aromatic carbocycles. The second kappa shape index (κ2) is 6.33. The van der Waals surface area contributed by atoms with Crippen LogP contribution in [0.4, 0.5) is 0 Å². The van der Waals surface area contributed by atoms with E-state index >= 15 is 0 Å². The van der Waals surface area contributed by atoms with E-state index in [0.717, 1.165) is 12.8 Å². The van der Waals surface area contributed by atoms with E-state index < -0.39 is 0 Å². The van der Waals surface area contributed by atoms with Crippen molar-refractivity contribution in [1.29, 1.82) is 0 Å². The van der Waals surface area contributed by atoms with Gasteiger partial charge in [-0.1, -0.05) is 29.8 Å². The molecule has 0 aliphatic carbocycles. The Hall–Kier alpha value is -1.46. The molecule has 1 saturated heterocycles. The van der Waals surface area contributed by atoms with Crippen LogP contribution in [0, 0.1) is 0 Å². The van der Waals surface area contributed by atoms with Crippen LogP contribution in [0.25, 0.3) is 0 Å². The third-order valence-corrected chi connectivity index (χ3v) is 4.00. The number of aromatic amines is 1. The van der Waals surface area contributed by atoms with Crippen LogP contribution in [-0.2, 0) is 4.79 Å². The highest BCUT2D eigenvalue weighted by Crippen LogP contribution is 2.22. The Kier molecular flexibility index (Phi) is 4.73. The molecule has 1 fully saturated rings. The van der Waals surface area contributed by atoms with Crippen molar-refractivity contribution in [3.05, 3.63) is 34.6 Å². The summed E-state index contributed by atoms with van der Waals surface area (Å²) in [6.45, 7) is 4.58. The van der Waals surface area contributed by atoms with Crippen molar-refractivity contribution in [1.82, 2.24) is 15.2 Å². The van der Waals surface area contributed by atoms with E-state index in [4.69, 9.17) is 23.2 Å². The molecule has 0 spiro atoms. The Labute approximate surface area is 126 Å². The maximum atomic E-state index is 11.9. The van der Waals surface area contributed by atoms with Gasteiger partial charge in [-0.25, -0.2) is 0 Å². The quantitative estimate of drug-likeness (QED) is 0.837. The highest BCUT2D eigenvalue weighted by molar-refractivity contribution is 6.41. The van der Waals surface area contributed by atoms with Gasteiger partial charge in [0, 0.05) is 19.1 Å². The number of halogens is 2. The molecule has 2 N–H and O–H groups in total. The average Bonchev–Trinajstić information content (AvgIpc) is 3.03. The predicted octanol–water partition coefficient (Wildman–Crippen LogP) is 2.23. The maximum absolute atomic E-state index is 11.9. The van der Waals surface area contributed by atoms with Crippen LogP contribution >= 0.6 is 23.2 Å². The van der Waals surface area contributed by atoms with Crippen LogP contribution in [0.2, 0.25) is 10.2 Å². The lowest BCUT2D eigenvalue weighted by molar-refractivity contribution is -0.126. The zero-order chi connectivity index (χ0) is 14.7. The Bertz CT molecular complexity index is 522. The van der Waals surface area contributed by atoms with Crippen molar-refractivity contribution in [2.45, 2.75) is 18.9 Å². The summed E-state index contributed by atoms with van der Waals surface area (Å²) in [5.74, 6) is -0.399. The molecule has 1 unspecified atom stereocenters. The molecule has 2 rings (SSSR count). The van der Waals surface area contributed by atoms with Gasteiger partial charge in [-0.2, -0.15) is 0 Å². The van der Waals surface area contributed by atoms with E-state index in [1.807, 2.05) is 0 Å². The van der Waals surface area contributed by atoms with E-state index in [-0.39, 0.29) is 23.0 Å². The summed E-state index contributed by atoms with van der Waals surface area (Å²) in [7, 11) is 0. The number of likely N-dealkylation sites (tertiary alicyclic amines) is 1. The topological polar surface area (TPSA) is 65.2 Å². The molecule has 0 saturated carbocycles. The zero-order valence-corrected chi connectivity index (χ0v) is 12.3. The standard InChI is InChI=1S/C13H15Cl2N3O2/c1-2-11(19)18-5-3-4-8(18)7-16-13(20)10-6-9(14)12(15)17-10/h2,6,8,17H,1,3-5,7H2,(H,16,20). The SMILES string of the molecule is C=CC(=O)N1CCCC1CNC(=O)c1cc(Cl)c(Cl)[nH]1. The summed E-state index contributed by atoms with van der Waals surface area (Å²) in [4.78, 5) is 28.0. The first-order chi connectivity index (χ1) is 9.52. The summed E-state index contributed by atoms with van der Waals surface area (Å²) < 4.78 is 0. The predicted molar refractivity (Wildman–Crippen MR) is 78.1 cm³/mol. The Morgan fingerprint density at radius 1 is 1.55 bits per heavy atom. The largest absolute Gasteiger partial charge is 0.349 e. The fourth-order valence-corrected chi connectivity index (χ4v) is 2.60. The van der Waals surface area contributed by atoms with E-state index in [0.29, 0.717) is 23.8 Å². The number of amides is 2. The number of carbonyl (C=O) groups excluding carboxylic acids is 2. The molecule has 1 aliphatic rings. The monoisotopic (exact) mass is 315 g/mol. The number of hydrogen-bond acceptors (Lipinski definition) is 2. The summed E-state index contributed by atoms with van der Waals surface area (Å²) >= 11 is 11.5. The highest BCUT2D eigenvalue weighted by atomic mass is 35.5. The molecule has 5 nitrogen and oxygen atoms in total. The summed E-state index contributed by atoms with van der Waals surface area (Å²) in [5, 5.41) is 3.32. The minimum Gasteiger partial charge on any atom is -0.349 e. The zero-order valence-electron chi connectivity index (χ0n) is 10.8. The molecule has 0 radical (unpaired) electrons. The molecule has 1 aliphatic heterocycles. The van der Waals surface area contributed by atoms with Crippen molar-refractivity contribution in [3.63, 3.8) is 0 Å². The Balaban J connectivity index is 1.93. The van der Waals surface area contributed by atoms with Crippen molar-refractivity contribution < 1.29 is 9.59 Å². The molecule has 1 aromatic heterocycles. The van der Waals surface area contributed by atoms with Gasteiger partial charge < -0.3 is 15.2 Å². The maximum Gasteiger partial charge on any atom is 0.267 e. The molecule has 0 bridgehead atoms. The third kappa shape index (κ3) is 3.16. The molecule has 20 heavy (non-hydrogen) atoms. The van der Waals surface area contributed by atoms with E-state index in [9.17, 15) is 9.59 Å². The highest BCUT2D eigenvalue weighted by Gasteiger charge is 2.27. The van der Waals surface area contributed by atoms with Gasteiger partial charge in [-0.15, -0.1) is 0 Å². The normalized spacial score (nSPS) is 18.1. The fraction of sp³-hybridized carbons (Fsp3) is 0.385. The minimum absolute atomic E-state index is 0.00496. The van der Waals surface area contributed by atoms with Crippen molar-refractivity contribution in [2.75, 3.05) is 13.1 Å². The lowest BCUT2D eigenvalue weighted by atomic mass is 10.2. The van der Waals surface area contributed by atoms with Gasteiger partial charge in [-0.3, -0.25) is 9.59 Å². The van der Waals surface area contributed by atoms with Gasteiger partial charge >= 0.3 is 0 Å². The number of nitrogens with zero attached hydrogens (tertiary/aromatic N) is 1. The van der Waals surface area contributed by atoms with Gasteiger partial charge in [0.2, 0.25) is 5.91 Å². The smallest absolute Gasteiger partial charge is 0.267 e. The molecular formula is C13H15Cl2N3O2. The Morgan fingerprint density at radius 3 is 2.90 bits per heavy atom. The first-order valence-corrected chi connectivity index (χ1v) is 7.03. The fourth-order valence-electron chi connectivity index (χ4n) is 2.29. The summed E-state index contributed by atoms with van der Waals surface area (Å²) in [6, 6.07) is 1.48. The number of rotatable bonds is 4. The van der Waals surface area contributed by atoms with E-state index in [1.54, 1.807) is 4.90 Å². The molecular weight excluding hydrogens is 301 g/mol. The van der Waals surface area contributed by atoms with Crippen LogP contribution in [0.3, 0.4) is 0 Å². The first-order valence-electron chi connectivity index (χ1n) is 6.28. The molecule has 1 aromatic rings. The van der Waals surface area contributed by atoms with Crippen LogP contribution in [0.5, 0.6) is 0 Å². The number of aromatic nitrogens is 1. The van der Waals surface area contributed by atoms with Gasteiger partial charge in [0.05, 0.1) is 5.02 Å². The second-order valence-electron chi connectivity index (χ2n) is 4.59. The molecule has 1 atom stereocenters. The van der Waals surface area contributed by atoms with Crippen molar-refractivity contribution in [3.8, 4) is 0 Å². The van der Waals surface area contributed by atoms with Gasteiger partial charge in [0.15, 0.2) is 0 Å². The van der Waals surface area contributed by atoms with Crippen LogP contribution in [0.15, 0.2) is 18.7 Å². The molecule has 7 heteroatoms. The van der Waals surface area contributed by atoms with E-state index in [2.05, 4.69) is 16.9 Å². The third-order valence-electron chi connectivity index (χ3n) is 3.30. The number of hydrogen-bond donors (Lipinski definition) is 2. The van der Waals surface area contributed by atoms with Crippen LogP contribution in [-0.4, -0.2) is 40.8 Å². The molecule has 108 valence electrons. The number of H-pyrrole nitrogens is 1. The molecule has 2 heterocycles. The average molecular weight is 316 g/mol. The van der Waals surface area contributed by atoms with Gasteiger partial charge in [-0.05, 0) is 25.0 Å². The lowest BCUT2D eigenvalue weighted by Crippen LogP contribution is -2.42. The number of carbonyl (C=O) groups is 2. The first kappa shape index (κ1) is 14.9. The van der Waals surface area contributed by atoms with Gasteiger partial charge in [0.25, 0.3) is 5.91 Å². The lowest BCUT2D eigenvalue weighted by Gasteiger charge is -2.23.